The van der Waals surface area contributed by atoms with Crippen LogP contribution in [0.25, 0.3) is 0 Å². The minimum Gasteiger partial charge on any atom is -0.326 e. The fourth-order valence-electron chi connectivity index (χ4n) is 1.42. The maximum absolute atomic E-state index is 11.0. The Hall–Kier alpha value is -1.02. The van der Waals surface area contributed by atoms with Gasteiger partial charge >= 0.3 is 0 Å². The molecule has 1 aliphatic carbocycles. The van der Waals surface area contributed by atoms with Crippen molar-refractivity contribution in [3.8, 4) is 0 Å². The zero-order valence-electron chi connectivity index (χ0n) is 6.43. The fraction of sp³-hybridized carbons (Fsp3) is 0.222. The molecule has 1 heterocycles. The molecule has 1 unspecified atom stereocenters. The monoisotopic (exact) mass is 181 g/mol. The van der Waals surface area contributed by atoms with Gasteiger partial charge in [-0.15, -0.1) is 11.6 Å². The fourth-order valence-corrected chi connectivity index (χ4v) is 1.62. The molecule has 0 aromatic carbocycles. The van der Waals surface area contributed by atoms with Gasteiger partial charge in [-0.25, -0.2) is 0 Å². The third kappa shape index (κ3) is 0.994. The number of carbonyl (C=O) groups excluding carboxylic acids is 1. The summed E-state index contributed by atoms with van der Waals surface area (Å²) in [6, 6.07) is 0. The van der Waals surface area contributed by atoms with Crippen molar-refractivity contribution >= 4 is 17.5 Å². The van der Waals surface area contributed by atoms with E-state index >= 15 is 0 Å². The maximum Gasteiger partial charge on any atom is 0.228 e. The molecule has 12 heavy (non-hydrogen) atoms. The van der Waals surface area contributed by atoms with E-state index in [0.29, 0.717) is 6.42 Å². The molecule has 3 heteroatoms. The number of nitrogens with one attached hydrogen (secondary N) is 1. The van der Waals surface area contributed by atoms with Gasteiger partial charge in [-0.2, -0.15) is 0 Å². The number of alkyl halides is 1. The van der Waals surface area contributed by atoms with E-state index in [1.165, 1.54) is 0 Å². The quantitative estimate of drug-likeness (QED) is 0.564. The number of rotatable bonds is 0. The van der Waals surface area contributed by atoms with Crippen molar-refractivity contribution in [3.63, 3.8) is 0 Å². The topological polar surface area (TPSA) is 29.1 Å². The van der Waals surface area contributed by atoms with Crippen LogP contribution in [0, 0.1) is 0 Å². The first kappa shape index (κ1) is 7.62. The van der Waals surface area contributed by atoms with Crippen LogP contribution in [-0.2, 0) is 4.79 Å². The van der Waals surface area contributed by atoms with Gasteiger partial charge in [0, 0.05) is 5.70 Å². The molecule has 0 spiro atoms. The highest BCUT2D eigenvalue weighted by Crippen LogP contribution is 2.31. The molecular weight excluding hydrogens is 174 g/mol. The van der Waals surface area contributed by atoms with E-state index in [0.717, 1.165) is 16.8 Å². The lowest BCUT2D eigenvalue weighted by Gasteiger charge is -2.14. The van der Waals surface area contributed by atoms with Gasteiger partial charge in [-0.1, -0.05) is 12.7 Å². The number of halogens is 1. The molecule has 2 nitrogen and oxygen atoms in total. The molecular formula is C9H8ClNO. The summed E-state index contributed by atoms with van der Waals surface area (Å²) in [4.78, 5) is 11.0. The number of hydrogen-bond donors (Lipinski definition) is 1. The van der Waals surface area contributed by atoms with Crippen molar-refractivity contribution in [1.29, 1.82) is 0 Å². The van der Waals surface area contributed by atoms with Crippen LogP contribution in [0.4, 0.5) is 0 Å². The second-order valence-electron chi connectivity index (χ2n) is 2.90. The predicted molar refractivity (Wildman–Crippen MR) is 47.7 cm³/mol. The SMILES string of the molecule is C=C1C2=C(C=CC1Cl)NC(=O)C2. The highest BCUT2D eigenvalue weighted by atomic mass is 35.5. The number of allylic oxidation sites excluding steroid dienone is 3. The number of amides is 1. The Balaban J connectivity index is 2.38. The van der Waals surface area contributed by atoms with Crippen molar-refractivity contribution in [2.45, 2.75) is 11.8 Å². The normalized spacial score (nSPS) is 27.6. The molecule has 1 atom stereocenters. The molecule has 1 amide bonds. The molecule has 0 radical (unpaired) electrons. The van der Waals surface area contributed by atoms with Gasteiger partial charge in [-0.05, 0) is 17.2 Å². The summed E-state index contributed by atoms with van der Waals surface area (Å²) in [7, 11) is 0. The van der Waals surface area contributed by atoms with E-state index in [-0.39, 0.29) is 11.3 Å². The molecule has 2 rings (SSSR count). The number of carbonyl (C=O) groups is 1. The lowest BCUT2D eigenvalue weighted by Crippen LogP contribution is -2.14. The minimum atomic E-state index is -0.156. The lowest BCUT2D eigenvalue weighted by atomic mass is 9.97. The first-order valence-corrected chi connectivity index (χ1v) is 4.16. The second kappa shape index (κ2) is 2.49. The average molecular weight is 182 g/mol. The Labute approximate surface area is 75.6 Å². The second-order valence-corrected chi connectivity index (χ2v) is 3.37. The highest BCUT2D eigenvalue weighted by molar-refractivity contribution is 6.24. The predicted octanol–water partition coefficient (Wildman–Crippen LogP) is 1.49. The Morgan fingerprint density at radius 2 is 2.42 bits per heavy atom. The van der Waals surface area contributed by atoms with Gasteiger partial charge in [-0.3, -0.25) is 4.79 Å². The third-order valence-corrected chi connectivity index (χ3v) is 2.50. The zero-order chi connectivity index (χ0) is 8.72. The molecule has 0 saturated carbocycles. The van der Waals surface area contributed by atoms with Crippen LogP contribution < -0.4 is 5.32 Å². The van der Waals surface area contributed by atoms with Crippen LogP contribution in [-0.4, -0.2) is 11.3 Å². The van der Waals surface area contributed by atoms with E-state index in [4.69, 9.17) is 11.6 Å². The third-order valence-electron chi connectivity index (χ3n) is 2.09. The van der Waals surface area contributed by atoms with Crippen LogP contribution in [0.1, 0.15) is 6.42 Å². The first-order valence-electron chi connectivity index (χ1n) is 3.73. The lowest BCUT2D eigenvalue weighted by molar-refractivity contribution is -0.118. The largest absolute Gasteiger partial charge is 0.326 e. The van der Waals surface area contributed by atoms with Crippen molar-refractivity contribution in [1.82, 2.24) is 5.32 Å². The van der Waals surface area contributed by atoms with E-state index in [2.05, 4.69) is 11.9 Å². The summed E-state index contributed by atoms with van der Waals surface area (Å²) in [5.74, 6) is 0.0246. The number of hydrogen-bond acceptors (Lipinski definition) is 1. The van der Waals surface area contributed by atoms with Crippen LogP contribution >= 0.6 is 11.6 Å². The first-order chi connectivity index (χ1) is 5.68. The molecule has 62 valence electrons. The van der Waals surface area contributed by atoms with Gasteiger partial charge in [0.1, 0.15) is 0 Å². The van der Waals surface area contributed by atoms with Crippen LogP contribution in [0.3, 0.4) is 0 Å². The van der Waals surface area contributed by atoms with Gasteiger partial charge in [0.05, 0.1) is 11.8 Å². The van der Waals surface area contributed by atoms with E-state index < -0.39 is 0 Å². The Morgan fingerprint density at radius 1 is 1.67 bits per heavy atom. The summed E-state index contributed by atoms with van der Waals surface area (Å²) < 4.78 is 0. The van der Waals surface area contributed by atoms with Crippen LogP contribution in [0.15, 0.2) is 35.6 Å². The molecule has 0 saturated heterocycles. The Kier molecular flexibility index (Phi) is 1.58. The summed E-state index contributed by atoms with van der Waals surface area (Å²) >= 11 is 5.92. The smallest absolute Gasteiger partial charge is 0.228 e. The standard InChI is InChI=1S/C9H8ClNO/c1-5-6-4-9(12)11-8(6)3-2-7(5)10/h2-3,7H,1,4H2,(H,11,12). The summed E-state index contributed by atoms with van der Waals surface area (Å²) in [5.41, 5.74) is 2.66. The van der Waals surface area contributed by atoms with Crippen LogP contribution in [0.5, 0.6) is 0 Å². The van der Waals surface area contributed by atoms with Gasteiger partial charge in [0.15, 0.2) is 0 Å². The summed E-state index contributed by atoms with van der Waals surface area (Å²) in [6.07, 6.45) is 4.09. The van der Waals surface area contributed by atoms with Gasteiger partial charge in [0.25, 0.3) is 0 Å². The van der Waals surface area contributed by atoms with E-state index in [1.807, 2.05) is 12.2 Å². The molecule has 1 aliphatic heterocycles. The Bertz CT molecular complexity index is 327. The Morgan fingerprint density at radius 3 is 3.17 bits per heavy atom. The average Bonchev–Trinajstić information content (AvgIpc) is 2.39. The minimum absolute atomic E-state index is 0.0246. The molecule has 0 aromatic heterocycles. The molecule has 0 aromatic rings. The molecule has 0 bridgehead atoms. The van der Waals surface area contributed by atoms with Gasteiger partial charge < -0.3 is 5.32 Å². The summed E-state index contributed by atoms with van der Waals surface area (Å²) in [5, 5.41) is 2.59. The molecule has 2 aliphatic rings. The molecule has 0 fully saturated rings. The van der Waals surface area contributed by atoms with E-state index in [1.54, 1.807) is 0 Å². The van der Waals surface area contributed by atoms with E-state index in [9.17, 15) is 4.79 Å². The maximum atomic E-state index is 11.0. The molecule has 1 N–H and O–H groups in total. The van der Waals surface area contributed by atoms with Crippen LogP contribution in [0.2, 0.25) is 0 Å². The van der Waals surface area contributed by atoms with Crippen molar-refractivity contribution < 1.29 is 4.79 Å². The van der Waals surface area contributed by atoms with Crippen molar-refractivity contribution in [2.75, 3.05) is 0 Å². The zero-order valence-corrected chi connectivity index (χ0v) is 7.19. The summed E-state index contributed by atoms with van der Waals surface area (Å²) in [6.45, 7) is 3.84. The van der Waals surface area contributed by atoms with Gasteiger partial charge in [0.2, 0.25) is 5.91 Å². The van der Waals surface area contributed by atoms with Crippen molar-refractivity contribution in [2.24, 2.45) is 0 Å². The van der Waals surface area contributed by atoms with Crippen molar-refractivity contribution in [3.05, 3.63) is 35.6 Å². The highest BCUT2D eigenvalue weighted by Gasteiger charge is 2.26.